The number of halogens is 1. The normalized spacial score (nSPS) is 10.1. The molecule has 76 valence electrons. The third-order valence-corrected chi connectivity index (χ3v) is 3.05. The van der Waals surface area contributed by atoms with Crippen LogP contribution in [0.25, 0.3) is 0 Å². The minimum Gasteiger partial charge on any atom is -0.396 e. The largest absolute Gasteiger partial charge is 0.396 e. The average Bonchev–Trinajstić information content (AvgIpc) is 2.19. The molecule has 0 fully saturated rings. The molecule has 14 heavy (non-hydrogen) atoms. The van der Waals surface area contributed by atoms with Crippen molar-refractivity contribution < 1.29 is 4.39 Å². The number of nitrogen functional groups attached to an aromatic ring is 1. The third kappa shape index (κ3) is 3.07. The van der Waals surface area contributed by atoms with Crippen molar-refractivity contribution in [3.8, 4) is 0 Å². The van der Waals surface area contributed by atoms with Crippen LogP contribution in [0, 0.1) is 5.82 Å². The quantitative estimate of drug-likeness (QED) is 0.469. The molecule has 0 aliphatic heterocycles. The van der Waals surface area contributed by atoms with Crippen LogP contribution in [0.5, 0.6) is 0 Å². The van der Waals surface area contributed by atoms with Crippen LogP contribution in [-0.4, -0.2) is 5.75 Å². The average molecular weight is 211 g/mol. The highest BCUT2D eigenvalue weighted by atomic mass is 32.2. The van der Waals surface area contributed by atoms with Gasteiger partial charge in [0, 0.05) is 10.6 Å². The van der Waals surface area contributed by atoms with Crippen molar-refractivity contribution in [3.05, 3.63) is 36.2 Å². The molecule has 0 unspecified atom stereocenters. The molecule has 1 aromatic rings. The number of benzene rings is 1. The Balaban J connectivity index is 2.60. The summed E-state index contributed by atoms with van der Waals surface area (Å²) in [6, 6.07) is 4.88. The Morgan fingerprint density at radius 1 is 1.57 bits per heavy atom. The Bertz CT molecular complexity index is 336. The fourth-order valence-corrected chi connectivity index (χ4v) is 1.81. The first kappa shape index (κ1) is 11.1. The standard InChI is InChI=1S/C11H14FNS/c1-3-8(2)7-14-9-4-5-11(13)10(12)6-9/h4-6H,2-3,7,13H2,1H3. The summed E-state index contributed by atoms with van der Waals surface area (Å²) in [5.74, 6) is 0.483. The highest BCUT2D eigenvalue weighted by molar-refractivity contribution is 7.99. The van der Waals surface area contributed by atoms with E-state index in [1.165, 1.54) is 6.07 Å². The summed E-state index contributed by atoms with van der Waals surface area (Å²) in [6.07, 6.45) is 0.963. The van der Waals surface area contributed by atoms with Gasteiger partial charge in [0.1, 0.15) is 5.82 Å². The van der Waals surface area contributed by atoms with Crippen molar-refractivity contribution >= 4 is 17.4 Å². The Hall–Kier alpha value is -0.960. The van der Waals surface area contributed by atoms with Crippen LogP contribution in [0.4, 0.5) is 10.1 Å². The summed E-state index contributed by atoms with van der Waals surface area (Å²) in [7, 11) is 0. The lowest BCUT2D eigenvalue weighted by atomic mass is 10.3. The van der Waals surface area contributed by atoms with E-state index in [4.69, 9.17) is 5.73 Å². The first-order valence-electron chi connectivity index (χ1n) is 4.48. The lowest BCUT2D eigenvalue weighted by Gasteiger charge is -2.03. The molecule has 0 aromatic heterocycles. The molecule has 1 nitrogen and oxygen atoms in total. The maximum Gasteiger partial charge on any atom is 0.147 e. The third-order valence-electron chi connectivity index (χ3n) is 1.91. The van der Waals surface area contributed by atoms with Crippen molar-refractivity contribution in [2.24, 2.45) is 0 Å². The predicted octanol–water partition coefficient (Wildman–Crippen LogP) is 3.47. The Labute approximate surface area is 88.2 Å². The highest BCUT2D eigenvalue weighted by Gasteiger charge is 2.00. The summed E-state index contributed by atoms with van der Waals surface area (Å²) in [6.45, 7) is 5.95. The van der Waals surface area contributed by atoms with Gasteiger partial charge >= 0.3 is 0 Å². The van der Waals surface area contributed by atoms with Crippen LogP contribution < -0.4 is 5.73 Å². The molecule has 0 saturated heterocycles. The van der Waals surface area contributed by atoms with E-state index in [0.29, 0.717) is 0 Å². The van der Waals surface area contributed by atoms with Crippen molar-refractivity contribution in [1.29, 1.82) is 0 Å². The zero-order chi connectivity index (χ0) is 10.6. The highest BCUT2D eigenvalue weighted by Crippen LogP contribution is 2.23. The Kier molecular flexibility index (Phi) is 4.01. The number of thioether (sulfide) groups is 1. The molecule has 0 aliphatic carbocycles. The molecule has 3 heteroatoms. The van der Waals surface area contributed by atoms with Crippen molar-refractivity contribution in [3.63, 3.8) is 0 Å². The van der Waals surface area contributed by atoms with Gasteiger partial charge in [-0.05, 0) is 24.6 Å². The van der Waals surface area contributed by atoms with Gasteiger partial charge in [-0.3, -0.25) is 0 Å². The van der Waals surface area contributed by atoms with Gasteiger partial charge in [-0.1, -0.05) is 19.1 Å². The summed E-state index contributed by atoms with van der Waals surface area (Å²) >= 11 is 1.58. The van der Waals surface area contributed by atoms with Gasteiger partial charge in [0.15, 0.2) is 0 Å². The monoisotopic (exact) mass is 211 g/mol. The fraction of sp³-hybridized carbons (Fsp3) is 0.273. The zero-order valence-corrected chi connectivity index (χ0v) is 9.03. The molecular weight excluding hydrogens is 197 g/mol. The van der Waals surface area contributed by atoms with Crippen LogP contribution >= 0.6 is 11.8 Å². The molecule has 0 spiro atoms. The number of nitrogens with two attached hydrogens (primary N) is 1. The molecule has 0 heterocycles. The lowest BCUT2D eigenvalue weighted by molar-refractivity contribution is 0.629. The summed E-state index contributed by atoms with van der Waals surface area (Å²) < 4.78 is 13.0. The number of hydrogen-bond donors (Lipinski definition) is 1. The van der Waals surface area contributed by atoms with E-state index in [1.807, 2.05) is 6.07 Å². The van der Waals surface area contributed by atoms with Crippen molar-refractivity contribution in [2.45, 2.75) is 18.2 Å². The van der Waals surface area contributed by atoms with Crippen LogP contribution in [0.1, 0.15) is 13.3 Å². The van der Waals surface area contributed by atoms with Gasteiger partial charge in [-0.15, -0.1) is 11.8 Å². The topological polar surface area (TPSA) is 26.0 Å². The fourth-order valence-electron chi connectivity index (χ4n) is 0.885. The summed E-state index contributed by atoms with van der Waals surface area (Å²) in [5.41, 5.74) is 6.73. The number of rotatable bonds is 4. The smallest absolute Gasteiger partial charge is 0.147 e. The van der Waals surface area contributed by atoms with Crippen molar-refractivity contribution in [2.75, 3.05) is 11.5 Å². The molecule has 0 bridgehead atoms. The molecule has 0 radical (unpaired) electrons. The summed E-state index contributed by atoms with van der Waals surface area (Å²) in [5, 5.41) is 0. The van der Waals surface area contributed by atoms with E-state index in [1.54, 1.807) is 17.8 Å². The van der Waals surface area contributed by atoms with E-state index in [0.717, 1.165) is 22.6 Å². The van der Waals surface area contributed by atoms with E-state index in [2.05, 4.69) is 13.5 Å². The second kappa shape index (κ2) is 5.05. The van der Waals surface area contributed by atoms with Crippen LogP contribution in [0.3, 0.4) is 0 Å². The van der Waals surface area contributed by atoms with E-state index in [-0.39, 0.29) is 11.5 Å². The SMILES string of the molecule is C=C(CC)CSc1ccc(N)c(F)c1. The van der Waals surface area contributed by atoms with Crippen LogP contribution in [-0.2, 0) is 0 Å². The Morgan fingerprint density at radius 2 is 2.29 bits per heavy atom. The minimum absolute atomic E-state index is 0.198. The minimum atomic E-state index is -0.350. The molecule has 0 aliphatic rings. The maximum atomic E-state index is 13.0. The molecule has 0 saturated carbocycles. The van der Waals surface area contributed by atoms with Gasteiger partial charge in [-0.25, -0.2) is 4.39 Å². The van der Waals surface area contributed by atoms with Gasteiger partial charge in [0.2, 0.25) is 0 Å². The first-order chi connectivity index (χ1) is 6.63. The second-order valence-electron chi connectivity index (χ2n) is 3.08. The number of hydrogen-bond acceptors (Lipinski definition) is 2. The maximum absolute atomic E-state index is 13.0. The van der Waals surface area contributed by atoms with Crippen LogP contribution in [0.2, 0.25) is 0 Å². The van der Waals surface area contributed by atoms with Gasteiger partial charge in [0.25, 0.3) is 0 Å². The predicted molar refractivity (Wildman–Crippen MR) is 61.0 cm³/mol. The van der Waals surface area contributed by atoms with Gasteiger partial charge in [-0.2, -0.15) is 0 Å². The molecule has 0 atom stereocenters. The molecule has 1 rings (SSSR count). The zero-order valence-electron chi connectivity index (χ0n) is 8.22. The Morgan fingerprint density at radius 3 is 2.86 bits per heavy atom. The van der Waals surface area contributed by atoms with Crippen molar-refractivity contribution in [1.82, 2.24) is 0 Å². The lowest BCUT2D eigenvalue weighted by Crippen LogP contribution is -1.90. The first-order valence-corrected chi connectivity index (χ1v) is 5.46. The summed E-state index contributed by atoms with van der Waals surface area (Å²) in [4.78, 5) is 0.895. The second-order valence-corrected chi connectivity index (χ2v) is 4.12. The molecule has 2 N–H and O–H groups in total. The molecular formula is C11H14FNS. The number of anilines is 1. The van der Waals surface area contributed by atoms with Gasteiger partial charge < -0.3 is 5.73 Å². The molecule has 1 aromatic carbocycles. The molecule has 0 amide bonds. The van der Waals surface area contributed by atoms with E-state index >= 15 is 0 Å². The van der Waals surface area contributed by atoms with Gasteiger partial charge in [0.05, 0.1) is 5.69 Å². The van der Waals surface area contributed by atoms with E-state index in [9.17, 15) is 4.39 Å². The van der Waals surface area contributed by atoms with Crippen LogP contribution in [0.15, 0.2) is 35.2 Å². The van der Waals surface area contributed by atoms with E-state index < -0.39 is 0 Å².